The van der Waals surface area contributed by atoms with Crippen LogP contribution < -0.4 is 0 Å². The van der Waals surface area contributed by atoms with Gasteiger partial charge in [-0.2, -0.15) is 5.26 Å². The first kappa shape index (κ1) is 28.8. The molecule has 9 rings (SSSR count). The van der Waals surface area contributed by atoms with Gasteiger partial charge in [0, 0.05) is 38.5 Å². The topological polar surface area (TPSA) is 42.4 Å². The molecule has 50 heavy (non-hydrogen) atoms. The van der Waals surface area contributed by atoms with Crippen LogP contribution in [0.2, 0.25) is 0 Å². The van der Waals surface area contributed by atoms with Gasteiger partial charge in [-0.15, -0.1) is 0 Å². The first-order chi connectivity index (χ1) is 24.7. The highest BCUT2D eigenvalue weighted by atomic mass is 15.0. The molecular weight excluding hydrogens is 611 g/mol. The number of aromatic nitrogens is 2. The third kappa shape index (κ3) is 4.38. The molecule has 2 aromatic heterocycles. The van der Waals surface area contributed by atoms with Gasteiger partial charge in [0.05, 0.1) is 46.8 Å². The Kier molecular flexibility index (Phi) is 6.56. The monoisotopic (exact) mass is 635 g/mol. The lowest BCUT2D eigenvalue weighted by atomic mass is 9.92. The molecule has 230 valence electrons. The molecule has 0 aliphatic heterocycles. The predicted octanol–water partition coefficient (Wildman–Crippen LogP) is 12.2. The second kappa shape index (κ2) is 11.4. The second-order valence-electron chi connectivity index (χ2n) is 12.3. The molecule has 0 N–H and O–H groups in total. The Hall–Kier alpha value is -7.39. The van der Waals surface area contributed by atoms with Gasteiger partial charge in [0.1, 0.15) is 0 Å². The zero-order valence-electron chi connectivity index (χ0n) is 26.7. The maximum absolute atomic E-state index is 9.70. The fourth-order valence-corrected chi connectivity index (χ4v) is 7.42. The van der Waals surface area contributed by atoms with E-state index in [9.17, 15) is 5.26 Å². The van der Waals surface area contributed by atoms with E-state index in [4.69, 9.17) is 13.1 Å². The molecule has 0 saturated carbocycles. The molecule has 0 aliphatic rings. The van der Waals surface area contributed by atoms with E-state index in [1.54, 1.807) is 0 Å². The fourth-order valence-electron chi connectivity index (χ4n) is 7.42. The average Bonchev–Trinajstić information content (AvgIpc) is 3.70. The number of nitriles is 1. The van der Waals surface area contributed by atoms with E-state index in [-0.39, 0.29) is 0 Å². The Morgan fingerprint density at radius 2 is 1.04 bits per heavy atom. The highest BCUT2D eigenvalue weighted by Gasteiger charge is 2.20. The van der Waals surface area contributed by atoms with E-state index in [0.717, 1.165) is 77.2 Å². The number of nitrogens with zero attached hydrogens (tertiary/aromatic N) is 5. The number of hydrogen-bond donors (Lipinski definition) is 0. The summed E-state index contributed by atoms with van der Waals surface area (Å²) in [5, 5.41) is 14.0. The quantitative estimate of drug-likeness (QED) is 0.177. The number of benzene rings is 7. The van der Waals surface area contributed by atoms with Crippen LogP contribution in [0.1, 0.15) is 5.56 Å². The third-order valence-electron chi connectivity index (χ3n) is 9.55. The Bertz CT molecular complexity index is 2920. The van der Waals surface area contributed by atoms with Gasteiger partial charge >= 0.3 is 0 Å². The summed E-state index contributed by atoms with van der Waals surface area (Å²) in [6, 6.07) is 53.2. The summed E-state index contributed by atoms with van der Waals surface area (Å²) in [7, 11) is 0. The molecule has 0 fully saturated rings. The molecule has 0 atom stereocenters. The number of rotatable bonds is 4. The summed E-state index contributed by atoms with van der Waals surface area (Å²) in [4.78, 5) is 7.74. The predicted molar refractivity (Wildman–Crippen MR) is 203 cm³/mol. The van der Waals surface area contributed by atoms with E-state index in [0.29, 0.717) is 16.9 Å². The van der Waals surface area contributed by atoms with Gasteiger partial charge < -0.3 is 9.13 Å². The van der Waals surface area contributed by atoms with Crippen molar-refractivity contribution in [3.05, 3.63) is 180 Å². The van der Waals surface area contributed by atoms with Crippen molar-refractivity contribution in [1.29, 1.82) is 5.26 Å². The molecule has 0 saturated heterocycles. The van der Waals surface area contributed by atoms with Crippen molar-refractivity contribution < 1.29 is 0 Å². The molecule has 0 unspecified atom stereocenters. The van der Waals surface area contributed by atoms with Crippen molar-refractivity contribution in [2.24, 2.45) is 0 Å². The van der Waals surface area contributed by atoms with E-state index in [1.807, 2.05) is 72.8 Å². The lowest BCUT2D eigenvalue weighted by Crippen LogP contribution is -1.99. The van der Waals surface area contributed by atoms with Gasteiger partial charge in [-0.05, 0) is 77.4 Å². The van der Waals surface area contributed by atoms with Gasteiger partial charge in [0.25, 0.3) is 0 Å². The SMILES string of the molecule is [C-]#[N+]c1cc(-c2ccccc2-c2ccc([N+]#[C-])cc2-n2c3ccccc3c3cc(C#N)ccc32)cc(-n2c3ccccc3c3ccccc32)c1. The summed E-state index contributed by atoms with van der Waals surface area (Å²) < 4.78 is 4.45. The molecule has 0 radical (unpaired) electrons. The molecule has 0 spiro atoms. The van der Waals surface area contributed by atoms with Crippen molar-refractivity contribution in [2.75, 3.05) is 0 Å². The molecule has 5 nitrogen and oxygen atoms in total. The van der Waals surface area contributed by atoms with Crippen molar-refractivity contribution in [2.45, 2.75) is 0 Å². The number of para-hydroxylation sites is 3. The molecule has 5 heteroatoms. The highest BCUT2D eigenvalue weighted by molar-refractivity contribution is 6.11. The van der Waals surface area contributed by atoms with Crippen LogP contribution in [0.3, 0.4) is 0 Å². The minimum absolute atomic E-state index is 0.532. The summed E-state index contributed by atoms with van der Waals surface area (Å²) in [6.07, 6.45) is 0. The number of fused-ring (bicyclic) bond motifs is 6. The lowest BCUT2D eigenvalue weighted by molar-refractivity contribution is 1.18. The molecular formula is C45H25N5. The van der Waals surface area contributed by atoms with E-state index >= 15 is 0 Å². The van der Waals surface area contributed by atoms with Crippen molar-refractivity contribution in [1.82, 2.24) is 9.13 Å². The Balaban J connectivity index is 1.31. The summed E-state index contributed by atoms with van der Waals surface area (Å²) in [5.41, 5.74) is 11.4. The van der Waals surface area contributed by atoms with Gasteiger partial charge in [-0.3, -0.25) is 0 Å². The molecule has 9 aromatic rings. The zero-order chi connectivity index (χ0) is 33.8. The summed E-state index contributed by atoms with van der Waals surface area (Å²) in [6.45, 7) is 16.0. The van der Waals surface area contributed by atoms with Crippen molar-refractivity contribution in [3.8, 4) is 39.7 Å². The Morgan fingerprint density at radius 3 is 1.70 bits per heavy atom. The van der Waals surface area contributed by atoms with E-state index in [1.165, 1.54) is 0 Å². The summed E-state index contributed by atoms with van der Waals surface area (Å²) >= 11 is 0. The first-order valence-electron chi connectivity index (χ1n) is 16.2. The second-order valence-corrected chi connectivity index (χ2v) is 12.3. The smallest absolute Gasteiger partial charge is 0.189 e. The minimum Gasteiger partial charge on any atom is -0.310 e. The van der Waals surface area contributed by atoms with Gasteiger partial charge in [-0.1, -0.05) is 91.0 Å². The molecule has 7 aromatic carbocycles. The summed E-state index contributed by atoms with van der Waals surface area (Å²) in [5.74, 6) is 0. The Labute approximate surface area is 288 Å². The van der Waals surface area contributed by atoms with Gasteiger partial charge in [0.2, 0.25) is 0 Å². The third-order valence-corrected chi connectivity index (χ3v) is 9.55. The van der Waals surface area contributed by atoms with Crippen LogP contribution in [0, 0.1) is 24.5 Å². The zero-order valence-corrected chi connectivity index (χ0v) is 26.7. The maximum atomic E-state index is 9.70. The highest BCUT2D eigenvalue weighted by Crippen LogP contribution is 2.43. The van der Waals surface area contributed by atoms with E-state index < -0.39 is 0 Å². The van der Waals surface area contributed by atoms with Crippen LogP contribution in [0.5, 0.6) is 0 Å². The standard InChI is InChI=1S/C45H25N5/c1-47-31-20-21-39(45(27-31)50-43-18-10-7-15-38(43)40-23-29(28-46)19-22-44(40)50)35-12-4-3-11-34(35)30-24-32(48-2)26-33(25-30)49-41-16-8-5-13-36(41)37-14-6-9-17-42(37)49/h3-27H. The van der Waals surface area contributed by atoms with Crippen LogP contribution in [-0.4, -0.2) is 9.13 Å². The largest absolute Gasteiger partial charge is 0.310 e. The van der Waals surface area contributed by atoms with E-state index in [2.05, 4.69) is 104 Å². The molecule has 0 bridgehead atoms. The van der Waals surface area contributed by atoms with Gasteiger partial charge in [0.15, 0.2) is 11.4 Å². The number of hydrogen-bond acceptors (Lipinski definition) is 1. The normalized spacial score (nSPS) is 11.1. The molecule has 2 heterocycles. The average molecular weight is 636 g/mol. The van der Waals surface area contributed by atoms with Crippen LogP contribution in [0.25, 0.3) is 86.9 Å². The molecule has 0 aliphatic carbocycles. The van der Waals surface area contributed by atoms with Crippen LogP contribution in [-0.2, 0) is 0 Å². The van der Waals surface area contributed by atoms with Gasteiger partial charge in [-0.25, -0.2) is 9.69 Å². The van der Waals surface area contributed by atoms with Crippen molar-refractivity contribution in [3.63, 3.8) is 0 Å². The molecule has 0 amide bonds. The first-order valence-corrected chi connectivity index (χ1v) is 16.2. The minimum atomic E-state index is 0.532. The lowest BCUT2D eigenvalue weighted by Gasteiger charge is -2.18. The Morgan fingerprint density at radius 1 is 0.460 bits per heavy atom. The fraction of sp³-hybridized carbons (Fsp3) is 0. The van der Waals surface area contributed by atoms with Crippen molar-refractivity contribution >= 4 is 55.0 Å². The van der Waals surface area contributed by atoms with Crippen LogP contribution in [0.15, 0.2) is 152 Å². The maximum Gasteiger partial charge on any atom is 0.189 e. The van der Waals surface area contributed by atoms with Crippen LogP contribution in [0.4, 0.5) is 11.4 Å². The van der Waals surface area contributed by atoms with Crippen LogP contribution >= 0.6 is 0 Å².